The Bertz CT molecular complexity index is 549. The van der Waals surface area contributed by atoms with Crippen LogP contribution in [-0.4, -0.2) is 48.2 Å². The van der Waals surface area contributed by atoms with E-state index in [0.29, 0.717) is 19.0 Å². The van der Waals surface area contributed by atoms with Crippen LogP contribution in [0.25, 0.3) is 0 Å². The van der Waals surface area contributed by atoms with Crippen LogP contribution in [0.4, 0.5) is 4.79 Å². The maximum atomic E-state index is 12.0. The van der Waals surface area contributed by atoms with E-state index < -0.39 is 0 Å². The van der Waals surface area contributed by atoms with Gasteiger partial charge in [-0.15, -0.1) is 0 Å². The van der Waals surface area contributed by atoms with Gasteiger partial charge in [-0.25, -0.2) is 4.79 Å². The molecule has 128 valence electrons. The first kappa shape index (κ1) is 17.8. The summed E-state index contributed by atoms with van der Waals surface area (Å²) in [6, 6.07) is 8.80. The molecule has 2 rings (SSSR count). The van der Waals surface area contributed by atoms with Crippen molar-refractivity contribution < 1.29 is 9.53 Å². The number of carbonyl (C=O) groups is 1. The second kappa shape index (κ2) is 6.91. The number of piperazine rings is 1. The summed E-state index contributed by atoms with van der Waals surface area (Å²) < 4.78 is 4.94. The van der Waals surface area contributed by atoms with Gasteiger partial charge in [0.1, 0.15) is 0 Å². The number of carbonyl (C=O) groups excluding carboxylic acids is 1. The molecule has 0 N–H and O–H groups in total. The third kappa shape index (κ3) is 3.86. The summed E-state index contributed by atoms with van der Waals surface area (Å²) in [5.41, 5.74) is 2.74. The smallest absolute Gasteiger partial charge is 0.409 e. The zero-order valence-corrected chi connectivity index (χ0v) is 15.3. The quantitative estimate of drug-likeness (QED) is 0.825. The van der Waals surface area contributed by atoms with Crippen molar-refractivity contribution in [3.05, 3.63) is 35.4 Å². The monoisotopic (exact) mass is 318 g/mol. The first-order valence-electron chi connectivity index (χ1n) is 8.44. The van der Waals surface area contributed by atoms with Gasteiger partial charge < -0.3 is 9.64 Å². The van der Waals surface area contributed by atoms with E-state index >= 15 is 0 Å². The molecule has 1 unspecified atom stereocenters. The van der Waals surface area contributed by atoms with Gasteiger partial charge in [-0.05, 0) is 37.8 Å². The normalized spacial score (nSPS) is 20.0. The molecule has 1 aromatic carbocycles. The van der Waals surface area contributed by atoms with Gasteiger partial charge in [0, 0.05) is 25.2 Å². The molecule has 1 aliphatic rings. The lowest BCUT2D eigenvalue weighted by Gasteiger charge is -2.48. The fourth-order valence-corrected chi connectivity index (χ4v) is 3.49. The van der Waals surface area contributed by atoms with Gasteiger partial charge in [0.2, 0.25) is 0 Å². The lowest BCUT2D eigenvalue weighted by atomic mass is 9.88. The molecule has 0 spiro atoms. The van der Waals surface area contributed by atoms with Crippen molar-refractivity contribution in [1.29, 1.82) is 0 Å². The van der Waals surface area contributed by atoms with Crippen molar-refractivity contribution in [3.63, 3.8) is 0 Å². The molecule has 1 aliphatic heterocycles. The molecule has 1 fully saturated rings. The van der Waals surface area contributed by atoms with Crippen LogP contribution >= 0.6 is 0 Å². The molecule has 0 aromatic heterocycles. The second-order valence-electron chi connectivity index (χ2n) is 7.58. The Kier molecular flexibility index (Phi) is 5.35. The van der Waals surface area contributed by atoms with Crippen LogP contribution in [0.5, 0.6) is 0 Å². The number of benzene rings is 1. The van der Waals surface area contributed by atoms with Crippen LogP contribution in [0.3, 0.4) is 0 Å². The van der Waals surface area contributed by atoms with E-state index in [9.17, 15) is 4.79 Å². The topological polar surface area (TPSA) is 32.8 Å². The summed E-state index contributed by atoms with van der Waals surface area (Å²) in [6.07, 6.45) is -0.231. The van der Waals surface area contributed by atoms with Crippen LogP contribution in [0.1, 0.15) is 57.7 Å². The number of hydrogen-bond donors (Lipinski definition) is 0. The molecule has 0 radical (unpaired) electrons. The highest BCUT2D eigenvalue weighted by atomic mass is 16.5. The van der Waals surface area contributed by atoms with Crippen molar-refractivity contribution in [2.45, 2.75) is 52.1 Å². The Morgan fingerprint density at radius 1 is 1.22 bits per heavy atom. The summed E-state index contributed by atoms with van der Waals surface area (Å²) in [5, 5.41) is 0. The second-order valence-corrected chi connectivity index (χ2v) is 7.58. The lowest BCUT2D eigenvalue weighted by Crippen LogP contribution is -2.56. The standard InChI is InChI=1S/C19H30N2O2/c1-14(2)15-9-7-8-10-16(15)17-13-20(18(22)23-6)11-12-21(17)19(3,4)5/h7-10,14,17H,11-13H2,1-6H3. The molecule has 0 saturated carbocycles. The van der Waals surface area contributed by atoms with Crippen LogP contribution in [0.15, 0.2) is 24.3 Å². The fourth-order valence-electron chi connectivity index (χ4n) is 3.49. The van der Waals surface area contributed by atoms with Crippen molar-refractivity contribution in [1.82, 2.24) is 9.80 Å². The van der Waals surface area contributed by atoms with Gasteiger partial charge in [0.15, 0.2) is 0 Å². The maximum Gasteiger partial charge on any atom is 0.409 e. The largest absolute Gasteiger partial charge is 0.453 e. The number of methoxy groups -OCH3 is 1. The third-order valence-electron chi connectivity index (χ3n) is 4.65. The van der Waals surface area contributed by atoms with Crippen LogP contribution in [0.2, 0.25) is 0 Å². The Balaban J connectivity index is 2.41. The lowest BCUT2D eigenvalue weighted by molar-refractivity contribution is 0.00876. The molecule has 1 atom stereocenters. The summed E-state index contributed by atoms with van der Waals surface area (Å²) in [4.78, 5) is 16.3. The summed E-state index contributed by atoms with van der Waals surface area (Å²) >= 11 is 0. The van der Waals surface area contributed by atoms with E-state index in [-0.39, 0.29) is 17.7 Å². The molecule has 23 heavy (non-hydrogen) atoms. The van der Waals surface area contributed by atoms with E-state index in [4.69, 9.17) is 4.74 Å². The molecular formula is C19H30N2O2. The summed E-state index contributed by atoms with van der Waals surface area (Å²) in [7, 11) is 1.45. The first-order valence-corrected chi connectivity index (χ1v) is 8.44. The molecule has 1 amide bonds. The minimum atomic E-state index is -0.231. The van der Waals surface area contributed by atoms with E-state index in [0.717, 1.165) is 6.54 Å². The minimum Gasteiger partial charge on any atom is -0.453 e. The van der Waals surface area contributed by atoms with Gasteiger partial charge in [-0.1, -0.05) is 38.1 Å². The third-order valence-corrected chi connectivity index (χ3v) is 4.65. The van der Waals surface area contributed by atoms with Crippen molar-refractivity contribution >= 4 is 6.09 Å². The summed E-state index contributed by atoms with van der Waals surface area (Å²) in [5.74, 6) is 0.460. The molecular weight excluding hydrogens is 288 g/mol. The number of nitrogens with zero attached hydrogens (tertiary/aromatic N) is 2. The van der Waals surface area contributed by atoms with Gasteiger partial charge in [-0.3, -0.25) is 4.90 Å². The number of amides is 1. The summed E-state index contributed by atoms with van der Waals surface area (Å²) in [6.45, 7) is 13.4. The predicted molar refractivity (Wildman–Crippen MR) is 93.7 cm³/mol. The van der Waals surface area contributed by atoms with Crippen molar-refractivity contribution in [2.75, 3.05) is 26.7 Å². The van der Waals surface area contributed by atoms with E-state index in [1.807, 2.05) is 4.90 Å². The number of ether oxygens (including phenoxy) is 1. The highest BCUT2D eigenvalue weighted by Crippen LogP contribution is 2.35. The predicted octanol–water partition coefficient (Wildman–Crippen LogP) is 4.03. The Morgan fingerprint density at radius 3 is 2.43 bits per heavy atom. The Labute approximate surface area is 140 Å². The molecule has 1 saturated heterocycles. The Morgan fingerprint density at radius 2 is 1.87 bits per heavy atom. The zero-order valence-electron chi connectivity index (χ0n) is 15.3. The van der Waals surface area contributed by atoms with Gasteiger partial charge >= 0.3 is 6.09 Å². The fraction of sp³-hybridized carbons (Fsp3) is 0.632. The maximum absolute atomic E-state index is 12.0. The van der Waals surface area contributed by atoms with E-state index in [1.165, 1.54) is 18.2 Å². The molecule has 1 heterocycles. The molecule has 4 heteroatoms. The first-order chi connectivity index (χ1) is 10.8. The molecule has 1 aromatic rings. The number of hydrogen-bond acceptors (Lipinski definition) is 3. The molecule has 4 nitrogen and oxygen atoms in total. The Hall–Kier alpha value is -1.55. The van der Waals surface area contributed by atoms with E-state index in [1.54, 1.807) is 0 Å². The van der Waals surface area contributed by atoms with Crippen LogP contribution < -0.4 is 0 Å². The van der Waals surface area contributed by atoms with Crippen LogP contribution in [-0.2, 0) is 4.74 Å². The zero-order chi connectivity index (χ0) is 17.2. The molecule has 0 aliphatic carbocycles. The highest BCUT2D eigenvalue weighted by molar-refractivity contribution is 5.67. The van der Waals surface area contributed by atoms with Gasteiger partial charge in [-0.2, -0.15) is 0 Å². The van der Waals surface area contributed by atoms with Gasteiger partial charge in [0.25, 0.3) is 0 Å². The number of rotatable bonds is 2. The van der Waals surface area contributed by atoms with Gasteiger partial charge in [0.05, 0.1) is 13.2 Å². The van der Waals surface area contributed by atoms with Crippen LogP contribution in [0, 0.1) is 0 Å². The highest BCUT2D eigenvalue weighted by Gasteiger charge is 2.37. The van der Waals surface area contributed by atoms with E-state index in [2.05, 4.69) is 63.8 Å². The van der Waals surface area contributed by atoms with Crippen molar-refractivity contribution in [3.8, 4) is 0 Å². The SMILES string of the molecule is COC(=O)N1CCN(C(C)(C)C)C(c2ccccc2C(C)C)C1. The average molecular weight is 318 g/mol. The minimum absolute atomic E-state index is 0.0525. The average Bonchev–Trinajstić information content (AvgIpc) is 2.52. The molecule has 0 bridgehead atoms. The van der Waals surface area contributed by atoms with Crippen molar-refractivity contribution in [2.24, 2.45) is 0 Å².